The van der Waals surface area contributed by atoms with Gasteiger partial charge in [-0.15, -0.1) is 0 Å². The lowest BCUT2D eigenvalue weighted by Crippen LogP contribution is -2.60. The van der Waals surface area contributed by atoms with Gasteiger partial charge in [0, 0.05) is 6.54 Å². The molecule has 1 N–H and O–H groups in total. The Labute approximate surface area is 87.7 Å². The van der Waals surface area contributed by atoms with Crippen LogP contribution < -0.4 is 5.32 Å². The summed E-state index contributed by atoms with van der Waals surface area (Å²) in [5.74, 6) is 0. The molecule has 0 aliphatic carbocycles. The van der Waals surface area contributed by atoms with Gasteiger partial charge < -0.3 is 10.1 Å². The first kappa shape index (κ1) is 11.7. The highest BCUT2D eigenvalue weighted by atomic mass is 16.5. The monoisotopic (exact) mass is 197 g/mol. The quantitative estimate of drug-likeness (QED) is 0.602. The average molecular weight is 197 g/mol. The molecule has 0 unspecified atom stereocenters. The summed E-state index contributed by atoms with van der Waals surface area (Å²) in [6, 6.07) is 0. The molecule has 2 heterocycles. The van der Waals surface area contributed by atoms with Crippen LogP contribution >= 0.6 is 0 Å². The molecule has 0 atom stereocenters. The molecule has 1 spiro atoms. The van der Waals surface area contributed by atoms with Crippen molar-refractivity contribution in [3.8, 4) is 0 Å². The van der Waals surface area contributed by atoms with Crippen LogP contribution in [0.5, 0.6) is 0 Å². The zero-order chi connectivity index (χ0) is 10.8. The molecule has 0 saturated carbocycles. The fraction of sp³-hybridized carbons (Fsp3) is 0.833. The minimum absolute atomic E-state index is 0.207. The Hall–Kier alpha value is -0.340. The van der Waals surface area contributed by atoms with Crippen LogP contribution in [-0.2, 0) is 4.74 Å². The molecule has 2 nitrogen and oxygen atoms in total. The number of ether oxygens (including phenoxy) is 1. The van der Waals surface area contributed by atoms with Crippen molar-refractivity contribution in [3.63, 3.8) is 0 Å². The van der Waals surface area contributed by atoms with Crippen LogP contribution in [0.25, 0.3) is 0 Å². The molecule has 0 aromatic carbocycles. The van der Waals surface area contributed by atoms with E-state index in [1.165, 1.54) is 5.57 Å². The summed E-state index contributed by atoms with van der Waals surface area (Å²) in [7, 11) is 0. The minimum atomic E-state index is 0.207. The van der Waals surface area contributed by atoms with E-state index < -0.39 is 0 Å². The molecule has 0 radical (unpaired) electrons. The molecule has 0 aromatic rings. The Kier molecular flexibility index (Phi) is 3.38. The Morgan fingerprint density at radius 2 is 1.86 bits per heavy atom. The fourth-order valence-corrected chi connectivity index (χ4v) is 2.23. The Morgan fingerprint density at radius 3 is 2.14 bits per heavy atom. The van der Waals surface area contributed by atoms with Gasteiger partial charge in [0.05, 0.1) is 18.8 Å². The van der Waals surface area contributed by atoms with Crippen molar-refractivity contribution < 1.29 is 4.74 Å². The van der Waals surface area contributed by atoms with E-state index in [1.807, 2.05) is 13.8 Å². The topological polar surface area (TPSA) is 21.3 Å². The highest BCUT2D eigenvalue weighted by Crippen LogP contribution is 2.40. The van der Waals surface area contributed by atoms with E-state index in [9.17, 15) is 0 Å². The number of rotatable bonds is 0. The second-order valence-electron chi connectivity index (χ2n) is 4.82. The first-order chi connectivity index (χ1) is 6.55. The van der Waals surface area contributed by atoms with Crippen LogP contribution in [0.4, 0.5) is 0 Å². The maximum absolute atomic E-state index is 5.28. The Balaban J connectivity index is 0.000000461. The van der Waals surface area contributed by atoms with E-state index in [0.29, 0.717) is 0 Å². The van der Waals surface area contributed by atoms with Crippen LogP contribution in [0, 0.1) is 5.41 Å². The first-order valence-corrected chi connectivity index (χ1v) is 5.58. The Bertz CT molecular complexity index is 221. The summed E-state index contributed by atoms with van der Waals surface area (Å²) < 4.78 is 5.28. The predicted molar refractivity (Wildman–Crippen MR) is 60.4 cm³/mol. The molecular formula is C12H23NO. The lowest BCUT2D eigenvalue weighted by Gasteiger charge is -2.45. The molecule has 1 saturated heterocycles. The summed E-state index contributed by atoms with van der Waals surface area (Å²) >= 11 is 0. The molecule has 0 bridgehead atoms. The van der Waals surface area contributed by atoms with Crippen LogP contribution in [0.2, 0.25) is 0 Å². The molecular weight excluding hydrogens is 174 g/mol. The summed E-state index contributed by atoms with van der Waals surface area (Å²) in [5.41, 5.74) is 2.02. The van der Waals surface area contributed by atoms with Gasteiger partial charge in [-0.1, -0.05) is 40.7 Å². The number of hydrogen-bond acceptors (Lipinski definition) is 2. The third kappa shape index (κ3) is 1.86. The third-order valence-electron chi connectivity index (χ3n) is 2.77. The Morgan fingerprint density at radius 1 is 1.29 bits per heavy atom. The lowest BCUT2D eigenvalue weighted by molar-refractivity contribution is -0.0546. The highest BCUT2D eigenvalue weighted by Gasteiger charge is 2.47. The predicted octanol–water partition coefficient (Wildman–Crippen LogP) is 2.36. The molecule has 2 aliphatic heterocycles. The van der Waals surface area contributed by atoms with E-state index in [0.717, 1.165) is 19.8 Å². The molecule has 2 rings (SSSR count). The number of nitrogens with one attached hydrogen (secondary N) is 1. The van der Waals surface area contributed by atoms with E-state index >= 15 is 0 Å². The lowest BCUT2D eigenvalue weighted by atomic mass is 9.74. The van der Waals surface area contributed by atoms with Gasteiger partial charge in [0.15, 0.2) is 0 Å². The van der Waals surface area contributed by atoms with Crippen molar-refractivity contribution in [1.82, 2.24) is 5.32 Å². The van der Waals surface area contributed by atoms with Crippen molar-refractivity contribution in [2.45, 2.75) is 40.2 Å². The molecule has 82 valence electrons. The zero-order valence-corrected chi connectivity index (χ0v) is 10.1. The van der Waals surface area contributed by atoms with Crippen LogP contribution in [-0.4, -0.2) is 25.3 Å². The molecule has 14 heavy (non-hydrogen) atoms. The number of hydrogen-bond donors (Lipinski definition) is 1. The smallest absolute Gasteiger partial charge is 0.0876 e. The molecule has 2 aliphatic rings. The van der Waals surface area contributed by atoms with E-state index in [1.54, 1.807) is 0 Å². The molecule has 1 fully saturated rings. The first-order valence-electron chi connectivity index (χ1n) is 5.58. The van der Waals surface area contributed by atoms with E-state index in [-0.39, 0.29) is 11.0 Å². The van der Waals surface area contributed by atoms with Crippen molar-refractivity contribution in [1.29, 1.82) is 0 Å². The van der Waals surface area contributed by atoms with Gasteiger partial charge in [-0.25, -0.2) is 0 Å². The van der Waals surface area contributed by atoms with Crippen LogP contribution in [0.15, 0.2) is 11.6 Å². The fourth-order valence-electron chi connectivity index (χ4n) is 2.23. The SMILES string of the molecule is CC.CC(C)(C)C1=CCNC12COC2. The summed E-state index contributed by atoms with van der Waals surface area (Å²) in [4.78, 5) is 0. The highest BCUT2D eigenvalue weighted by molar-refractivity contribution is 5.33. The third-order valence-corrected chi connectivity index (χ3v) is 2.77. The zero-order valence-electron chi connectivity index (χ0n) is 10.1. The maximum atomic E-state index is 5.28. The van der Waals surface area contributed by atoms with Crippen molar-refractivity contribution in [2.75, 3.05) is 19.8 Å². The van der Waals surface area contributed by atoms with Gasteiger partial charge in [0.1, 0.15) is 0 Å². The van der Waals surface area contributed by atoms with E-state index in [2.05, 4.69) is 32.2 Å². The largest absolute Gasteiger partial charge is 0.377 e. The normalized spacial score (nSPS) is 23.6. The van der Waals surface area contributed by atoms with Gasteiger partial charge >= 0.3 is 0 Å². The maximum Gasteiger partial charge on any atom is 0.0876 e. The van der Waals surface area contributed by atoms with Gasteiger partial charge in [0.2, 0.25) is 0 Å². The summed E-state index contributed by atoms with van der Waals surface area (Å²) in [6.45, 7) is 13.5. The van der Waals surface area contributed by atoms with Gasteiger partial charge in [0.25, 0.3) is 0 Å². The van der Waals surface area contributed by atoms with Gasteiger partial charge in [-0.3, -0.25) is 0 Å². The minimum Gasteiger partial charge on any atom is -0.377 e. The van der Waals surface area contributed by atoms with Crippen molar-refractivity contribution in [2.24, 2.45) is 5.41 Å². The standard InChI is InChI=1S/C10H17NO.C2H6/c1-9(2,3)8-4-5-11-10(8)6-12-7-10;1-2/h4,11H,5-7H2,1-3H3;1-2H3. The molecule has 2 heteroatoms. The second kappa shape index (κ2) is 4.03. The van der Waals surface area contributed by atoms with Gasteiger partial charge in [-0.2, -0.15) is 0 Å². The molecule has 0 amide bonds. The average Bonchev–Trinajstić information content (AvgIpc) is 2.49. The van der Waals surface area contributed by atoms with E-state index in [4.69, 9.17) is 4.74 Å². The molecule has 0 aromatic heterocycles. The van der Waals surface area contributed by atoms with Crippen molar-refractivity contribution >= 4 is 0 Å². The van der Waals surface area contributed by atoms with Crippen LogP contribution in [0.3, 0.4) is 0 Å². The van der Waals surface area contributed by atoms with Gasteiger partial charge in [-0.05, 0) is 11.0 Å². The summed E-state index contributed by atoms with van der Waals surface area (Å²) in [6.07, 6.45) is 2.32. The summed E-state index contributed by atoms with van der Waals surface area (Å²) in [5, 5.41) is 3.51. The van der Waals surface area contributed by atoms with Crippen molar-refractivity contribution in [3.05, 3.63) is 11.6 Å². The second-order valence-corrected chi connectivity index (χ2v) is 4.82. The van der Waals surface area contributed by atoms with Crippen LogP contribution in [0.1, 0.15) is 34.6 Å².